The standard InChI is InChI=1S/C16H20N4O3/c1-3-17-15(22)10-19(4-2)16(23)11-20-13-8-6-5-7-12(13)14(21)9-18-20/h5-9H,3-4,10-11H2,1-2H3,(H,17,22). The highest BCUT2D eigenvalue weighted by Crippen LogP contribution is 2.08. The second kappa shape index (κ2) is 7.53. The van der Waals surface area contributed by atoms with E-state index in [1.54, 1.807) is 24.3 Å². The molecule has 2 rings (SSSR count). The van der Waals surface area contributed by atoms with Crippen LogP contribution in [0.2, 0.25) is 0 Å². The smallest absolute Gasteiger partial charge is 0.244 e. The molecule has 0 bridgehead atoms. The summed E-state index contributed by atoms with van der Waals surface area (Å²) in [6, 6.07) is 7.00. The monoisotopic (exact) mass is 316 g/mol. The Morgan fingerprint density at radius 1 is 1.26 bits per heavy atom. The van der Waals surface area contributed by atoms with Crippen LogP contribution in [0.1, 0.15) is 13.8 Å². The first-order valence-electron chi connectivity index (χ1n) is 7.56. The number of nitrogens with zero attached hydrogens (tertiary/aromatic N) is 3. The lowest BCUT2D eigenvalue weighted by Gasteiger charge is -2.21. The van der Waals surface area contributed by atoms with Gasteiger partial charge in [-0.05, 0) is 26.0 Å². The second-order valence-electron chi connectivity index (χ2n) is 5.05. The molecule has 0 saturated heterocycles. The normalized spacial score (nSPS) is 10.5. The molecule has 2 amide bonds. The highest BCUT2D eigenvalue weighted by Gasteiger charge is 2.16. The van der Waals surface area contributed by atoms with Gasteiger partial charge >= 0.3 is 0 Å². The van der Waals surface area contributed by atoms with Crippen molar-refractivity contribution in [3.63, 3.8) is 0 Å². The van der Waals surface area contributed by atoms with Crippen LogP contribution in [-0.4, -0.2) is 46.1 Å². The van der Waals surface area contributed by atoms with Crippen LogP contribution in [0.25, 0.3) is 10.9 Å². The molecule has 7 heteroatoms. The fraction of sp³-hybridized carbons (Fsp3) is 0.375. The van der Waals surface area contributed by atoms with Gasteiger partial charge in [0.1, 0.15) is 6.54 Å². The van der Waals surface area contributed by atoms with Gasteiger partial charge in [0.2, 0.25) is 17.2 Å². The zero-order chi connectivity index (χ0) is 16.8. The van der Waals surface area contributed by atoms with Crippen molar-refractivity contribution in [1.82, 2.24) is 20.0 Å². The number of nitrogens with one attached hydrogen (secondary N) is 1. The predicted molar refractivity (Wildman–Crippen MR) is 86.9 cm³/mol. The van der Waals surface area contributed by atoms with Crippen LogP contribution in [0, 0.1) is 0 Å². The predicted octanol–water partition coefficient (Wildman–Crippen LogP) is 0.381. The van der Waals surface area contributed by atoms with Crippen molar-refractivity contribution in [3.05, 3.63) is 40.7 Å². The summed E-state index contributed by atoms with van der Waals surface area (Å²) in [5.41, 5.74) is 0.418. The van der Waals surface area contributed by atoms with Gasteiger partial charge in [-0.1, -0.05) is 12.1 Å². The van der Waals surface area contributed by atoms with E-state index in [1.165, 1.54) is 15.8 Å². The molecular formula is C16H20N4O3. The number of benzene rings is 1. The first kappa shape index (κ1) is 16.7. The lowest BCUT2D eigenvalue weighted by Crippen LogP contribution is -2.42. The summed E-state index contributed by atoms with van der Waals surface area (Å²) in [4.78, 5) is 37.3. The molecule has 0 aliphatic carbocycles. The van der Waals surface area contributed by atoms with Crippen LogP contribution in [0.3, 0.4) is 0 Å². The molecule has 1 aromatic carbocycles. The fourth-order valence-electron chi connectivity index (χ4n) is 2.32. The summed E-state index contributed by atoms with van der Waals surface area (Å²) in [7, 11) is 0. The number of fused-ring (bicyclic) bond motifs is 1. The molecule has 2 aromatic rings. The number of hydrogen-bond acceptors (Lipinski definition) is 4. The quantitative estimate of drug-likeness (QED) is 0.835. The summed E-state index contributed by atoms with van der Waals surface area (Å²) in [6.07, 6.45) is 1.20. The molecule has 23 heavy (non-hydrogen) atoms. The lowest BCUT2D eigenvalue weighted by molar-refractivity contribution is -0.136. The van der Waals surface area contributed by atoms with E-state index in [-0.39, 0.29) is 30.3 Å². The van der Waals surface area contributed by atoms with Crippen molar-refractivity contribution in [2.75, 3.05) is 19.6 Å². The van der Waals surface area contributed by atoms with Crippen molar-refractivity contribution < 1.29 is 9.59 Å². The van der Waals surface area contributed by atoms with Crippen molar-refractivity contribution in [2.45, 2.75) is 20.4 Å². The maximum absolute atomic E-state index is 12.4. The van der Waals surface area contributed by atoms with Crippen LogP contribution in [0.15, 0.2) is 35.3 Å². The molecule has 0 aliphatic heterocycles. The van der Waals surface area contributed by atoms with E-state index in [4.69, 9.17) is 0 Å². The van der Waals surface area contributed by atoms with Crippen molar-refractivity contribution in [3.8, 4) is 0 Å². The molecule has 0 radical (unpaired) electrons. The minimum absolute atomic E-state index is 0.0152. The van der Waals surface area contributed by atoms with Crippen LogP contribution >= 0.6 is 0 Å². The topological polar surface area (TPSA) is 84.3 Å². The number of hydrogen-bond donors (Lipinski definition) is 1. The van der Waals surface area contributed by atoms with E-state index in [9.17, 15) is 14.4 Å². The van der Waals surface area contributed by atoms with Gasteiger partial charge in [-0.25, -0.2) is 0 Å². The van der Waals surface area contributed by atoms with E-state index in [2.05, 4.69) is 10.4 Å². The molecule has 0 fully saturated rings. The largest absolute Gasteiger partial charge is 0.355 e. The molecule has 1 N–H and O–H groups in total. The number of rotatable bonds is 6. The maximum Gasteiger partial charge on any atom is 0.244 e. The Morgan fingerprint density at radius 2 is 2.00 bits per heavy atom. The van der Waals surface area contributed by atoms with E-state index < -0.39 is 0 Å². The van der Waals surface area contributed by atoms with Crippen molar-refractivity contribution in [1.29, 1.82) is 0 Å². The Hall–Kier alpha value is -2.70. The third kappa shape index (κ3) is 3.94. The zero-order valence-electron chi connectivity index (χ0n) is 13.3. The molecule has 1 aromatic heterocycles. The highest BCUT2D eigenvalue weighted by molar-refractivity contribution is 5.85. The number of likely N-dealkylation sites (N-methyl/N-ethyl adjacent to an activating group) is 2. The summed E-state index contributed by atoms with van der Waals surface area (Å²) in [6.45, 7) is 4.58. The van der Waals surface area contributed by atoms with Crippen LogP contribution in [-0.2, 0) is 16.1 Å². The molecule has 0 unspecified atom stereocenters. The van der Waals surface area contributed by atoms with E-state index in [0.29, 0.717) is 24.0 Å². The van der Waals surface area contributed by atoms with Gasteiger partial charge in [0.15, 0.2) is 0 Å². The minimum atomic E-state index is -0.222. The molecule has 0 saturated carbocycles. The van der Waals surface area contributed by atoms with Gasteiger partial charge in [0, 0.05) is 18.5 Å². The molecule has 0 atom stereocenters. The van der Waals surface area contributed by atoms with Gasteiger partial charge in [-0.2, -0.15) is 5.10 Å². The molecule has 7 nitrogen and oxygen atoms in total. The second-order valence-corrected chi connectivity index (χ2v) is 5.05. The average Bonchev–Trinajstić information content (AvgIpc) is 2.55. The number of carbonyl (C=O) groups excluding carboxylic acids is 2. The third-order valence-electron chi connectivity index (χ3n) is 3.49. The number of carbonyl (C=O) groups is 2. The Morgan fingerprint density at radius 3 is 2.70 bits per heavy atom. The summed E-state index contributed by atoms with van der Waals surface area (Å²) >= 11 is 0. The van der Waals surface area contributed by atoms with Gasteiger partial charge in [-0.15, -0.1) is 0 Å². The van der Waals surface area contributed by atoms with E-state index in [1.807, 2.05) is 13.8 Å². The molecule has 0 spiro atoms. The van der Waals surface area contributed by atoms with Gasteiger partial charge < -0.3 is 10.2 Å². The van der Waals surface area contributed by atoms with Gasteiger partial charge in [0.05, 0.1) is 18.3 Å². The van der Waals surface area contributed by atoms with E-state index in [0.717, 1.165) is 0 Å². The zero-order valence-corrected chi connectivity index (χ0v) is 13.3. The molecular weight excluding hydrogens is 296 g/mol. The Bertz CT molecular complexity index is 769. The average molecular weight is 316 g/mol. The minimum Gasteiger partial charge on any atom is -0.355 e. The Kier molecular flexibility index (Phi) is 5.46. The number of aromatic nitrogens is 2. The van der Waals surface area contributed by atoms with Gasteiger partial charge in [-0.3, -0.25) is 19.1 Å². The summed E-state index contributed by atoms with van der Waals surface area (Å²) < 4.78 is 1.49. The molecule has 122 valence electrons. The summed E-state index contributed by atoms with van der Waals surface area (Å²) in [5.74, 6) is -0.416. The fourth-order valence-corrected chi connectivity index (χ4v) is 2.32. The number of para-hydroxylation sites is 1. The Labute approximate surface area is 133 Å². The van der Waals surface area contributed by atoms with Crippen molar-refractivity contribution in [2.24, 2.45) is 0 Å². The number of amides is 2. The first-order chi connectivity index (χ1) is 11.1. The lowest BCUT2D eigenvalue weighted by atomic mass is 10.2. The van der Waals surface area contributed by atoms with E-state index >= 15 is 0 Å². The SMILES string of the molecule is CCNC(=O)CN(CC)C(=O)Cn1ncc(=O)c2ccccc21. The maximum atomic E-state index is 12.4. The van der Waals surface area contributed by atoms with Crippen LogP contribution in [0.4, 0.5) is 0 Å². The molecule has 1 heterocycles. The third-order valence-corrected chi connectivity index (χ3v) is 3.49. The Balaban J connectivity index is 2.21. The van der Waals surface area contributed by atoms with Crippen molar-refractivity contribution >= 4 is 22.7 Å². The van der Waals surface area contributed by atoms with Crippen LogP contribution in [0.5, 0.6) is 0 Å². The molecule has 0 aliphatic rings. The summed E-state index contributed by atoms with van der Waals surface area (Å²) in [5, 5.41) is 7.22. The highest BCUT2D eigenvalue weighted by atomic mass is 16.2. The van der Waals surface area contributed by atoms with Crippen LogP contribution < -0.4 is 10.7 Å². The first-order valence-corrected chi connectivity index (χ1v) is 7.56. The van der Waals surface area contributed by atoms with Gasteiger partial charge in [0.25, 0.3) is 0 Å².